The van der Waals surface area contributed by atoms with Crippen LogP contribution < -0.4 is 4.57 Å². The van der Waals surface area contributed by atoms with Crippen LogP contribution in [0.2, 0.25) is 0 Å². The Morgan fingerprint density at radius 1 is 0.482 bits per heavy atom. The van der Waals surface area contributed by atoms with E-state index < -0.39 is 0 Å². The first-order chi connectivity index (χ1) is 27.5. The molecule has 56 heavy (non-hydrogen) atoms. The van der Waals surface area contributed by atoms with Gasteiger partial charge in [-0.25, -0.2) is 0 Å². The average molecular weight is 720 g/mol. The van der Waals surface area contributed by atoms with E-state index in [-0.39, 0.29) is 0 Å². The second-order valence-electron chi connectivity index (χ2n) is 14.9. The molecular formula is C51H37N5. The maximum absolute atomic E-state index is 4.74. The van der Waals surface area contributed by atoms with Gasteiger partial charge in [-0.05, 0) is 98.6 Å². The average Bonchev–Trinajstić information content (AvgIpc) is 3.89. The fraction of sp³-hybridized carbons (Fsp3) is 0.0588. The summed E-state index contributed by atoms with van der Waals surface area (Å²) in [6.45, 7) is 6.55. The molecule has 0 aliphatic carbocycles. The minimum atomic E-state index is 0.949. The van der Waals surface area contributed by atoms with Gasteiger partial charge in [-0.15, -0.1) is 0 Å². The van der Waals surface area contributed by atoms with Crippen LogP contribution in [0.4, 0.5) is 0 Å². The first-order valence-corrected chi connectivity index (χ1v) is 19.1. The smallest absolute Gasteiger partial charge is 0.269 e. The van der Waals surface area contributed by atoms with Crippen LogP contribution >= 0.6 is 0 Å². The van der Waals surface area contributed by atoms with Gasteiger partial charge in [0.05, 0.1) is 50.2 Å². The maximum atomic E-state index is 4.74. The minimum Gasteiger partial charge on any atom is -0.310 e. The van der Waals surface area contributed by atoms with Crippen molar-refractivity contribution in [3.05, 3.63) is 193 Å². The zero-order valence-corrected chi connectivity index (χ0v) is 31.4. The van der Waals surface area contributed by atoms with Gasteiger partial charge in [0, 0.05) is 44.7 Å². The Morgan fingerprint density at radius 3 is 1.89 bits per heavy atom. The molecule has 0 unspecified atom stereocenters. The van der Waals surface area contributed by atoms with Crippen LogP contribution in [0.5, 0.6) is 0 Å². The summed E-state index contributed by atoms with van der Waals surface area (Å²) in [5, 5.41) is 4.93. The molecule has 0 N–H and O–H groups in total. The monoisotopic (exact) mass is 719 g/mol. The SMILES string of the molecule is Cc1cc(C)c(-[n+]2[c-]n(-c3cccc(-n4c5cc(-c6ccccn6)ccc5c5c6c7ccccc7n(-c7ccccc7)c6ccc54)c3)c3ccccc32)c(C)c1. The molecule has 0 bridgehead atoms. The first kappa shape index (κ1) is 32.2. The van der Waals surface area contributed by atoms with E-state index in [1.54, 1.807) is 0 Å². The fourth-order valence-electron chi connectivity index (χ4n) is 9.11. The number of hydrogen-bond donors (Lipinski definition) is 0. The molecule has 11 aromatic rings. The zero-order valence-electron chi connectivity index (χ0n) is 31.4. The van der Waals surface area contributed by atoms with Crippen LogP contribution in [0.3, 0.4) is 0 Å². The van der Waals surface area contributed by atoms with Gasteiger partial charge in [0.1, 0.15) is 0 Å². The highest BCUT2D eigenvalue weighted by Crippen LogP contribution is 2.43. The molecule has 0 saturated heterocycles. The Hall–Kier alpha value is -7.24. The fourth-order valence-corrected chi connectivity index (χ4v) is 9.11. The van der Waals surface area contributed by atoms with Crippen LogP contribution in [-0.4, -0.2) is 18.7 Å². The number of nitrogens with zero attached hydrogens (tertiary/aromatic N) is 5. The van der Waals surface area contributed by atoms with Gasteiger partial charge in [-0.2, -0.15) is 0 Å². The number of aryl methyl sites for hydroxylation is 3. The minimum absolute atomic E-state index is 0.949. The Labute approximate surface area is 324 Å². The van der Waals surface area contributed by atoms with Gasteiger partial charge < -0.3 is 9.13 Å². The molecule has 7 aromatic carbocycles. The van der Waals surface area contributed by atoms with Crippen LogP contribution in [0.15, 0.2) is 170 Å². The van der Waals surface area contributed by atoms with E-state index in [0.29, 0.717) is 0 Å². The van der Waals surface area contributed by atoms with E-state index in [2.05, 4.69) is 203 Å². The lowest BCUT2D eigenvalue weighted by Crippen LogP contribution is -2.32. The number of aromatic nitrogens is 5. The Bertz CT molecular complexity index is 3300. The van der Waals surface area contributed by atoms with E-state index in [4.69, 9.17) is 4.98 Å². The molecule has 4 heterocycles. The van der Waals surface area contributed by atoms with Crippen molar-refractivity contribution in [3.8, 4) is 34.0 Å². The Balaban J connectivity index is 1.20. The number of imidazole rings is 1. The van der Waals surface area contributed by atoms with Crippen molar-refractivity contribution in [3.63, 3.8) is 0 Å². The Kier molecular flexibility index (Phi) is 7.13. The third-order valence-electron chi connectivity index (χ3n) is 11.3. The van der Waals surface area contributed by atoms with E-state index in [1.807, 2.05) is 12.3 Å². The number of hydrogen-bond acceptors (Lipinski definition) is 1. The molecular weight excluding hydrogens is 683 g/mol. The number of rotatable bonds is 5. The topological polar surface area (TPSA) is 31.6 Å². The number of pyridine rings is 1. The number of fused-ring (bicyclic) bond motifs is 8. The van der Waals surface area contributed by atoms with Crippen molar-refractivity contribution in [1.82, 2.24) is 18.7 Å². The Morgan fingerprint density at radius 2 is 1.12 bits per heavy atom. The van der Waals surface area contributed by atoms with Gasteiger partial charge in [-0.1, -0.05) is 103 Å². The number of benzene rings is 7. The van der Waals surface area contributed by atoms with Crippen molar-refractivity contribution >= 4 is 54.6 Å². The van der Waals surface area contributed by atoms with Gasteiger partial charge >= 0.3 is 0 Å². The predicted octanol–water partition coefficient (Wildman–Crippen LogP) is 11.9. The lowest BCUT2D eigenvalue weighted by molar-refractivity contribution is -0.573. The number of para-hydroxylation sites is 4. The molecule has 4 aromatic heterocycles. The predicted molar refractivity (Wildman–Crippen MR) is 230 cm³/mol. The maximum Gasteiger partial charge on any atom is 0.269 e. The largest absolute Gasteiger partial charge is 0.310 e. The highest BCUT2D eigenvalue weighted by Gasteiger charge is 2.22. The highest BCUT2D eigenvalue weighted by molar-refractivity contribution is 6.29. The summed E-state index contributed by atoms with van der Waals surface area (Å²) < 4.78 is 9.26. The molecule has 0 aliphatic rings. The standard InChI is InChI=1S/C51H37N5/c1-33-28-34(2)51(35(3)29-33)54-32-53(44-21-9-10-22-45(44)54)38-16-13-17-39(31-38)56-47-26-25-46-49(40-18-7-8-20-43(40)55(46)37-14-5-4-6-15-37)50(47)41-24-23-36(30-48(41)56)42-19-11-12-27-52-42/h4-31H,1-3H3. The lowest BCUT2D eigenvalue weighted by Gasteiger charge is -2.12. The van der Waals surface area contributed by atoms with Gasteiger partial charge in [0.2, 0.25) is 0 Å². The second kappa shape index (κ2) is 12.4. The van der Waals surface area contributed by atoms with Crippen molar-refractivity contribution in [2.75, 3.05) is 0 Å². The van der Waals surface area contributed by atoms with Crippen molar-refractivity contribution < 1.29 is 4.57 Å². The van der Waals surface area contributed by atoms with Crippen LogP contribution in [0.1, 0.15) is 16.7 Å². The summed E-state index contributed by atoms with van der Waals surface area (Å²) in [7, 11) is 0. The quantitative estimate of drug-likeness (QED) is 0.129. The molecule has 0 aliphatic heterocycles. The molecule has 0 radical (unpaired) electrons. The molecule has 266 valence electrons. The summed E-state index contributed by atoms with van der Waals surface area (Å²) in [5.74, 6) is 0. The molecule has 0 spiro atoms. The normalized spacial score (nSPS) is 11.8. The van der Waals surface area contributed by atoms with Crippen LogP contribution in [0.25, 0.3) is 88.7 Å². The van der Waals surface area contributed by atoms with Gasteiger partial charge in [0.25, 0.3) is 6.33 Å². The summed E-state index contributed by atoms with van der Waals surface area (Å²) in [6, 6.07) is 59.0. The molecule has 0 saturated carbocycles. The third kappa shape index (κ3) is 4.80. The van der Waals surface area contributed by atoms with Crippen LogP contribution in [0, 0.1) is 27.1 Å². The summed E-state index contributed by atoms with van der Waals surface area (Å²) >= 11 is 0. The first-order valence-electron chi connectivity index (χ1n) is 19.1. The molecule has 5 heteroatoms. The molecule has 0 fully saturated rings. The van der Waals surface area contributed by atoms with Gasteiger partial charge in [-0.3, -0.25) is 14.1 Å². The van der Waals surface area contributed by atoms with Crippen LogP contribution in [-0.2, 0) is 0 Å². The van der Waals surface area contributed by atoms with E-state index in [9.17, 15) is 0 Å². The van der Waals surface area contributed by atoms with E-state index in [1.165, 1.54) is 55.0 Å². The summed E-state index contributed by atoms with van der Waals surface area (Å²) in [5.41, 5.74) is 17.1. The summed E-state index contributed by atoms with van der Waals surface area (Å²) in [6.07, 6.45) is 5.64. The second-order valence-corrected chi connectivity index (χ2v) is 14.9. The van der Waals surface area contributed by atoms with E-state index in [0.717, 1.165) is 50.4 Å². The van der Waals surface area contributed by atoms with E-state index >= 15 is 0 Å². The summed E-state index contributed by atoms with van der Waals surface area (Å²) in [4.78, 5) is 4.74. The van der Waals surface area contributed by atoms with Crippen molar-refractivity contribution in [2.45, 2.75) is 20.8 Å². The van der Waals surface area contributed by atoms with Gasteiger partial charge in [0.15, 0.2) is 0 Å². The highest BCUT2D eigenvalue weighted by atomic mass is 15.1. The molecule has 0 atom stereocenters. The lowest BCUT2D eigenvalue weighted by atomic mass is 10.0. The molecule has 5 nitrogen and oxygen atoms in total. The van der Waals surface area contributed by atoms with Crippen molar-refractivity contribution in [1.29, 1.82) is 0 Å². The third-order valence-corrected chi connectivity index (χ3v) is 11.3. The zero-order chi connectivity index (χ0) is 37.5. The molecule has 0 amide bonds. The molecule has 11 rings (SSSR count). The van der Waals surface area contributed by atoms with Crippen molar-refractivity contribution in [2.24, 2.45) is 0 Å².